The quantitative estimate of drug-likeness (QED) is 0.556. The molecule has 1 amide bonds. The van der Waals surface area contributed by atoms with Crippen LogP contribution in [0, 0.1) is 5.92 Å². The number of carbonyl (C=O) groups excluding carboxylic acids is 1. The molecular weight excluding hydrogens is 228 g/mol. The molecule has 4 N–H and O–H groups in total. The van der Waals surface area contributed by atoms with Gasteiger partial charge in [-0.05, 0) is 37.3 Å². The van der Waals surface area contributed by atoms with E-state index in [1.165, 1.54) is 0 Å². The largest absolute Gasteiger partial charge is 0.349 e. The Bertz CT molecular complexity index is 418. The van der Waals surface area contributed by atoms with Gasteiger partial charge in [-0.15, -0.1) is 0 Å². The van der Waals surface area contributed by atoms with Gasteiger partial charge in [-0.25, -0.2) is 10.8 Å². The maximum absolute atomic E-state index is 12.1. The van der Waals surface area contributed by atoms with Crippen LogP contribution in [0.2, 0.25) is 0 Å². The van der Waals surface area contributed by atoms with Gasteiger partial charge >= 0.3 is 0 Å². The van der Waals surface area contributed by atoms with E-state index in [0.29, 0.717) is 17.4 Å². The summed E-state index contributed by atoms with van der Waals surface area (Å²) in [4.78, 5) is 16.3. The third-order valence-electron chi connectivity index (χ3n) is 3.36. The normalized spacial score (nSPS) is 22.2. The van der Waals surface area contributed by atoms with Crippen LogP contribution in [-0.4, -0.2) is 16.9 Å². The summed E-state index contributed by atoms with van der Waals surface area (Å²) >= 11 is 0. The molecule has 5 heteroatoms. The summed E-state index contributed by atoms with van der Waals surface area (Å²) in [5.41, 5.74) is 3.97. The van der Waals surface area contributed by atoms with Crippen LogP contribution >= 0.6 is 0 Å². The molecular formula is C13H20N4O. The zero-order chi connectivity index (χ0) is 13.1. The standard InChI is InChI=1S/C13H20N4O/c1-3-10-6-9(7-12(15-10)17-14)13(18)16-11-4-8(2)5-11/h6-8,11H,3-5,14H2,1-2H3,(H,15,17)(H,16,18). The van der Waals surface area contributed by atoms with E-state index in [0.717, 1.165) is 30.9 Å². The summed E-state index contributed by atoms with van der Waals surface area (Å²) in [6.45, 7) is 4.19. The Morgan fingerprint density at radius 1 is 1.50 bits per heavy atom. The Kier molecular flexibility index (Phi) is 3.81. The zero-order valence-electron chi connectivity index (χ0n) is 10.9. The molecule has 1 aliphatic rings. The summed E-state index contributed by atoms with van der Waals surface area (Å²) in [6.07, 6.45) is 2.91. The number of anilines is 1. The molecule has 0 radical (unpaired) electrons. The second-order valence-electron chi connectivity index (χ2n) is 4.98. The van der Waals surface area contributed by atoms with Gasteiger partial charge < -0.3 is 10.7 Å². The fourth-order valence-electron chi connectivity index (χ4n) is 2.26. The van der Waals surface area contributed by atoms with Crippen molar-refractivity contribution in [1.82, 2.24) is 10.3 Å². The van der Waals surface area contributed by atoms with Crippen molar-refractivity contribution >= 4 is 11.7 Å². The number of nitrogens with two attached hydrogens (primary N) is 1. The summed E-state index contributed by atoms with van der Waals surface area (Å²) in [6, 6.07) is 3.81. The van der Waals surface area contributed by atoms with Gasteiger partial charge in [0.25, 0.3) is 5.91 Å². The summed E-state index contributed by atoms with van der Waals surface area (Å²) in [7, 11) is 0. The van der Waals surface area contributed by atoms with Gasteiger partial charge in [-0.2, -0.15) is 0 Å². The number of amides is 1. The van der Waals surface area contributed by atoms with Crippen molar-refractivity contribution in [1.29, 1.82) is 0 Å². The Labute approximate surface area is 107 Å². The number of hydrogen-bond donors (Lipinski definition) is 3. The van der Waals surface area contributed by atoms with E-state index in [1.807, 2.05) is 13.0 Å². The van der Waals surface area contributed by atoms with Crippen molar-refractivity contribution in [2.45, 2.75) is 39.2 Å². The molecule has 1 aromatic rings. The van der Waals surface area contributed by atoms with E-state index in [2.05, 4.69) is 22.7 Å². The number of nitrogens with one attached hydrogen (secondary N) is 2. The first-order valence-electron chi connectivity index (χ1n) is 6.40. The van der Waals surface area contributed by atoms with Crippen LogP contribution < -0.4 is 16.6 Å². The maximum atomic E-state index is 12.1. The number of nitrogen functional groups attached to an aromatic ring is 1. The molecule has 0 spiro atoms. The lowest BCUT2D eigenvalue weighted by molar-refractivity contribution is 0.0896. The topological polar surface area (TPSA) is 80.0 Å². The van der Waals surface area contributed by atoms with E-state index < -0.39 is 0 Å². The second-order valence-corrected chi connectivity index (χ2v) is 4.98. The molecule has 2 rings (SSSR count). The molecule has 18 heavy (non-hydrogen) atoms. The van der Waals surface area contributed by atoms with Gasteiger partial charge in [0.1, 0.15) is 5.82 Å². The molecule has 0 aromatic carbocycles. The number of rotatable bonds is 4. The number of nitrogens with zero attached hydrogens (tertiary/aromatic N) is 1. The van der Waals surface area contributed by atoms with E-state index in [1.54, 1.807) is 6.07 Å². The van der Waals surface area contributed by atoms with Crippen LogP contribution in [0.1, 0.15) is 42.7 Å². The van der Waals surface area contributed by atoms with E-state index in [9.17, 15) is 4.79 Å². The highest BCUT2D eigenvalue weighted by Gasteiger charge is 2.27. The summed E-state index contributed by atoms with van der Waals surface area (Å²) < 4.78 is 0. The number of hydrogen-bond acceptors (Lipinski definition) is 4. The second kappa shape index (κ2) is 5.35. The SMILES string of the molecule is CCc1cc(C(=O)NC2CC(C)C2)cc(NN)n1. The molecule has 5 nitrogen and oxygen atoms in total. The highest BCUT2D eigenvalue weighted by molar-refractivity contribution is 5.95. The average molecular weight is 248 g/mol. The maximum Gasteiger partial charge on any atom is 0.251 e. The van der Waals surface area contributed by atoms with Crippen molar-refractivity contribution < 1.29 is 4.79 Å². The summed E-state index contributed by atoms with van der Waals surface area (Å²) in [5.74, 6) is 6.57. The fraction of sp³-hybridized carbons (Fsp3) is 0.538. The highest BCUT2D eigenvalue weighted by atomic mass is 16.1. The molecule has 0 atom stereocenters. The molecule has 1 saturated carbocycles. The molecule has 0 unspecified atom stereocenters. The monoisotopic (exact) mass is 248 g/mol. The minimum atomic E-state index is -0.0412. The van der Waals surface area contributed by atoms with Gasteiger partial charge in [-0.3, -0.25) is 4.79 Å². The van der Waals surface area contributed by atoms with Crippen molar-refractivity contribution in [2.24, 2.45) is 11.8 Å². The molecule has 0 saturated heterocycles. The average Bonchev–Trinajstić information content (AvgIpc) is 2.36. The van der Waals surface area contributed by atoms with E-state index in [-0.39, 0.29) is 5.91 Å². The van der Waals surface area contributed by atoms with Gasteiger partial charge in [-0.1, -0.05) is 13.8 Å². The fourth-order valence-corrected chi connectivity index (χ4v) is 2.26. The smallest absolute Gasteiger partial charge is 0.251 e. The third kappa shape index (κ3) is 2.79. The lowest BCUT2D eigenvalue weighted by Gasteiger charge is -2.33. The third-order valence-corrected chi connectivity index (χ3v) is 3.36. The van der Waals surface area contributed by atoms with Crippen molar-refractivity contribution in [3.8, 4) is 0 Å². The van der Waals surface area contributed by atoms with Crippen molar-refractivity contribution in [3.05, 3.63) is 23.4 Å². The highest BCUT2D eigenvalue weighted by Crippen LogP contribution is 2.26. The number of aryl methyl sites for hydroxylation is 1. The summed E-state index contributed by atoms with van der Waals surface area (Å²) in [5, 5.41) is 3.03. The number of hydrazine groups is 1. The first-order valence-corrected chi connectivity index (χ1v) is 6.40. The first-order chi connectivity index (χ1) is 8.62. The Morgan fingerprint density at radius 3 is 2.78 bits per heavy atom. The Balaban J connectivity index is 2.08. The van der Waals surface area contributed by atoms with E-state index in [4.69, 9.17) is 5.84 Å². The Hall–Kier alpha value is -1.62. The van der Waals surface area contributed by atoms with Crippen molar-refractivity contribution in [3.63, 3.8) is 0 Å². The molecule has 1 aliphatic carbocycles. The minimum Gasteiger partial charge on any atom is -0.349 e. The molecule has 98 valence electrons. The number of pyridine rings is 1. The van der Waals surface area contributed by atoms with Gasteiger partial charge in [0.15, 0.2) is 0 Å². The Morgan fingerprint density at radius 2 is 2.22 bits per heavy atom. The predicted octanol–water partition coefficient (Wildman–Crippen LogP) is 1.46. The first kappa shape index (κ1) is 12.8. The number of carbonyl (C=O) groups is 1. The van der Waals surface area contributed by atoms with Crippen LogP contribution in [0.5, 0.6) is 0 Å². The zero-order valence-corrected chi connectivity index (χ0v) is 10.9. The molecule has 0 bridgehead atoms. The molecule has 1 aromatic heterocycles. The van der Waals surface area contributed by atoms with Crippen LogP contribution in [0.25, 0.3) is 0 Å². The van der Waals surface area contributed by atoms with Crippen LogP contribution in [0.15, 0.2) is 12.1 Å². The van der Waals surface area contributed by atoms with Gasteiger partial charge in [0.05, 0.1) is 0 Å². The molecule has 1 heterocycles. The molecule has 1 fully saturated rings. The van der Waals surface area contributed by atoms with Crippen LogP contribution in [0.3, 0.4) is 0 Å². The van der Waals surface area contributed by atoms with Gasteiger partial charge in [0, 0.05) is 17.3 Å². The minimum absolute atomic E-state index is 0.0412. The number of aromatic nitrogens is 1. The van der Waals surface area contributed by atoms with Crippen LogP contribution in [-0.2, 0) is 6.42 Å². The van der Waals surface area contributed by atoms with E-state index >= 15 is 0 Å². The van der Waals surface area contributed by atoms with Crippen molar-refractivity contribution in [2.75, 3.05) is 5.43 Å². The molecule has 0 aliphatic heterocycles. The lowest BCUT2D eigenvalue weighted by atomic mass is 9.82. The van der Waals surface area contributed by atoms with Crippen LogP contribution in [0.4, 0.5) is 5.82 Å². The van der Waals surface area contributed by atoms with Gasteiger partial charge in [0.2, 0.25) is 0 Å². The predicted molar refractivity (Wildman–Crippen MR) is 71.1 cm³/mol. The lowest BCUT2D eigenvalue weighted by Crippen LogP contribution is -2.43.